The predicted molar refractivity (Wildman–Crippen MR) is 74.7 cm³/mol. The molecule has 1 aliphatic carbocycles. The molecule has 0 amide bonds. The third-order valence-electron chi connectivity index (χ3n) is 3.84. The largest absolute Gasteiger partial charge is 0.460 e. The molecule has 1 aliphatic rings. The van der Waals surface area contributed by atoms with Gasteiger partial charge < -0.3 is 9.73 Å². The lowest BCUT2D eigenvalue weighted by Gasteiger charge is -2.03. The molecule has 4 nitrogen and oxygen atoms in total. The maximum atomic E-state index is 5.65. The molecule has 0 aromatic carbocycles. The van der Waals surface area contributed by atoms with Crippen molar-refractivity contribution in [2.75, 3.05) is 0 Å². The average Bonchev–Trinajstić information content (AvgIpc) is 2.80. The Balaban J connectivity index is 1.62. The monoisotopic (exact) mass is 259 g/mol. The molecule has 2 heterocycles. The first-order valence-electron chi connectivity index (χ1n) is 7.10. The van der Waals surface area contributed by atoms with Gasteiger partial charge in [-0.3, -0.25) is 5.10 Å². The number of aromatic nitrogens is 2. The number of furan rings is 1. The molecule has 2 aromatic rings. The Morgan fingerprint density at radius 1 is 1.47 bits per heavy atom. The van der Waals surface area contributed by atoms with E-state index in [0.717, 1.165) is 29.7 Å². The van der Waals surface area contributed by atoms with Gasteiger partial charge in [0.05, 0.1) is 6.20 Å². The van der Waals surface area contributed by atoms with Gasteiger partial charge in [-0.05, 0) is 37.8 Å². The highest BCUT2D eigenvalue weighted by Gasteiger charge is 2.35. The summed E-state index contributed by atoms with van der Waals surface area (Å²) < 4.78 is 5.65. The van der Waals surface area contributed by atoms with Crippen molar-refractivity contribution in [3.8, 4) is 11.5 Å². The smallest absolute Gasteiger partial charge is 0.152 e. The first-order chi connectivity index (χ1) is 9.28. The van der Waals surface area contributed by atoms with Gasteiger partial charge in [0.1, 0.15) is 11.5 Å². The highest BCUT2D eigenvalue weighted by molar-refractivity contribution is 5.56. The zero-order valence-corrected chi connectivity index (χ0v) is 11.6. The summed E-state index contributed by atoms with van der Waals surface area (Å²) in [4.78, 5) is 0. The highest BCUT2D eigenvalue weighted by Crippen LogP contribution is 2.35. The van der Waals surface area contributed by atoms with Crippen LogP contribution >= 0.6 is 0 Å². The molecular weight excluding hydrogens is 238 g/mol. The van der Waals surface area contributed by atoms with Gasteiger partial charge >= 0.3 is 0 Å². The van der Waals surface area contributed by atoms with Crippen LogP contribution in [0, 0.1) is 12.8 Å². The number of hydrogen-bond acceptors (Lipinski definition) is 3. The second kappa shape index (κ2) is 5.21. The van der Waals surface area contributed by atoms with E-state index in [4.69, 9.17) is 4.42 Å². The van der Waals surface area contributed by atoms with Crippen LogP contribution in [0.3, 0.4) is 0 Å². The highest BCUT2D eigenvalue weighted by atomic mass is 16.3. The molecule has 4 heteroatoms. The van der Waals surface area contributed by atoms with Crippen molar-refractivity contribution in [1.29, 1.82) is 0 Å². The molecule has 2 atom stereocenters. The Morgan fingerprint density at radius 3 is 3.11 bits per heavy atom. The Kier molecular flexibility index (Phi) is 3.42. The predicted octanol–water partition coefficient (Wildman–Crippen LogP) is 3.26. The SMILES string of the molecule is CCCC1CC1NCc1cn[nH]c1-c1ccc(C)o1. The van der Waals surface area contributed by atoms with Crippen LogP contribution in [0.2, 0.25) is 0 Å². The minimum Gasteiger partial charge on any atom is -0.460 e. The lowest BCUT2D eigenvalue weighted by molar-refractivity contribution is 0.544. The van der Waals surface area contributed by atoms with E-state index >= 15 is 0 Å². The zero-order valence-electron chi connectivity index (χ0n) is 11.6. The van der Waals surface area contributed by atoms with Crippen LogP contribution in [0.4, 0.5) is 0 Å². The fourth-order valence-corrected chi connectivity index (χ4v) is 2.66. The molecule has 0 radical (unpaired) electrons. The van der Waals surface area contributed by atoms with Gasteiger partial charge in [-0.25, -0.2) is 0 Å². The Labute approximate surface area is 113 Å². The summed E-state index contributed by atoms with van der Waals surface area (Å²) in [6.45, 7) is 5.07. The summed E-state index contributed by atoms with van der Waals surface area (Å²) in [6, 6.07) is 4.66. The van der Waals surface area contributed by atoms with Gasteiger partial charge in [-0.2, -0.15) is 5.10 Å². The van der Waals surface area contributed by atoms with Gasteiger partial charge in [0.25, 0.3) is 0 Å². The molecule has 2 aromatic heterocycles. The van der Waals surface area contributed by atoms with E-state index in [-0.39, 0.29) is 0 Å². The van der Waals surface area contributed by atoms with Crippen molar-refractivity contribution in [3.63, 3.8) is 0 Å². The second-order valence-electron chi connectivity index (χ2n) is 5.45. The van der Waals surface area contributed by atoms with Crippen molar-refractivity contribution >= 4 is 0 Å². The van der Waals surface area contributed by atoms with E-state index in [0.29, 0.717) is 6.04 Å². The Hall–Kier alpha value is -1.55. The normalized spacial score (nSPS) is 21.8. The van der Waals surface area contributed by atoms with E-state index < -0.39 is 0 Å². The summed E-state index contributed by atoms with van der Waals surface area (Å²) >= 11 is 0. The summed E-state index contributed by atoms with van der Waals surface area (Å²) in [5, 5.41) is 10.8. The maximum absolute atomic E-state index is 5.65. The van der Waals surface area contributed by atoms with E-state index in [9.17, 15) is 0 Å². The molecule has 2 N–H and O–H groups in total. The minimum absolute atomic E-state index is 0.695. The average molecular weight is 259 g/mol. The molecule has 19 heavy (non-hydrogen) atoms. The van der Waals surface area contributed by atoms with Crippen LogP contribution in [0.1, 0.15) is 37.5 Å². The quantitative estimate of drug-likeness (QED) is 0.837. The van der Waals surface area contributed by atoms with E-state index in [1.807, 2.05) is 25.3 Å². The third-order valence-corrected chi connectivity index (χ3v) is 3.84. The van der Waals surface area contributed by atoms with Crippen molar-refractivity contribution in [1.82, 2.24) is 15.5 Å². The molecule has 3 rings (SSSR count). The Bertz CT molecular complexity index is 543. The van der Waals surface area contributed by atoms with Crippen LogP contribution in [-0.4, -0.2) is 16.2 Å². The number of rotatable bonds is 6. The van der Waals surface area contributed by atoms with Crippen LogP contribution in [0.15, 0.2) is 22.7 Å². The van der Waals surface area contributed by atoms with Crippen molar-refractivity contribution < 1.29 is 4.42 Å². The second-order valence-corrected chi connectivity index (χ2v) is 5.45. The number of aromatic amines is 1. The first-order valence-corrected chi connectivity index (χ1v) is 7.10. The molecule has 1 fully saturated rings. The topological polar surface area (TPSA) is 53.9 Å². The van der Waals surface area contributed by atoms with E-state index in [1.165, 1.54) is 24.8 Å². The number of hydrogen-bond donors (Lipinski definition) is 2. The summed E-state index contributed by atoms with van der Waals surface area (Å²) in [7, 11) is 0. The molecule has 0 saturated heterocycles. The third kappa shape index (κ3) is 2.73. The standard InChI is InChI=1S/C15H21N3O/c1-3-4-11-7-13(11)16-8-12-9-17-18-15(12)14-6-5-10(2)19-14/h5-6,9,11,13,16H,3-4,7-8H2,1-2H3,(H,17,18). The van der Waals surface area contributed by atoms with E-state index in [2.05, 4.69) is 22.4 Å². The van der Waals surface area contributed by atoms with Crippen LogP contribution in [0.25, 0.3) is 11.5 Å². The van der Waals surface area contributed by atoms with Crippen LogP contribution in [-0.2, 0) is 6.54 Å². The Morgan fingerprint density at radius 2 is 2.37 bits per heavy atom. The molecule has 102 valence electrons. The lowest BCUT2D eigenvalue weighted by Crippen LogP contribution is -2.17. The molecule has 0 spiro atoms. The molecule has 0 aliphatic heterocycles. The minimum atomic E-state index is 0.695. The van der Waals surface area contributed by atoms with Gasteiger partial charge in [0, 0.05) is 18.2 Å². The van der Waals surface area contributed by atoms with Gasteiger partial charge in [0.2, 0.25) is 0 Å². The molecule has 2 unspecified atom stereocenters. The zero-order chi connectivity index (χ0) is 13.2. The van der Waals surface area contributed by atoms with Crippen molar-refractivity contribution in [3.05, 3.63) is 29.7 Å². The fraction of sp³-hybridized carbons (Fsp3) is 0.533. The van der Waals surface area contributed by atoms with Gasteiger partial charge in [-0.1, -0.05) is 13.3 Å². The summed E-state index contributed by atoms with van der Waals surface area (Å²) in [5.74, 6) is 2.67. The molecule has 1 saturated carbocycles. The van der Waals surface area contributed by atoms with Crippen LogP contribution < -0.4 is 5.32 Å². The summed E-state index contributed by atoms with van der Waals surface area (Å²) in [5.41, 5.74) is 2.17. The van der Waals surface area contributed by atoms with Crippen molar-refractivity contribution in [2.45, 2.75) is 45.7 Å². The number of nitrogens with zero attached hydrogens (tertiary/aromatic N) is 1. The lowest BCUT2D eigenvalue weighted by atomic mass is 10.2. The number of nitrogens with one attached hydrogen (secondary N) is 2. The van der Waals surface area contributed by atoms with Gasteiger partial charge in [0.15, 0.2) is 5.76 Å². The number of H-pyrrole nitrogens is 1. The van der Waals surface area contributed by atoms with Crippen molar-refractivity contribution in [2.24, 2.45) is 5.92 Å². The summed E-state index contributed by atoms with van der Waals surface area (Å²) in [6.07, 6.45) is 5.83. The maximum Gasteiger partial charge on any atom is 0.152 e. The number of aryl methyl sites for hydroxylation is 1. The fourth-order valence-electron chi connectivity index (χ4n) is 2.66. The van der Waals surface area contributed by atoms with E-state index in [1.54, 1.807) is 0 Å². The molecule has 0 bridgehead atoms. The van der Waals surface area contributed by atoms with Crippen LogP contribution in [0.5, 0.6) is 0 Å². The van der Waals surface area contributed by atoms with Gasteiger partial charge in [-0.15, -0.1) is 0 Å². The molecular formula is C15H21N3O. The first kappa shape index (κ1) is 12.5.